The Morgan fingerprint density at radius 1 is 0.678 bits per heavy atom. The van der Waals surface area contributed by atoms with Crippen molar-refractivity contribution >= 4 is 83.1 Å². The van der Waals surface area contributed by atoms with Gasteiger partial charge in [-0.25, -0.2) is 0 Å². The fraction of sp³-hybridized carbons (Fsp3) is 0.283. The molecule has 3 aromatic heterocycles. The lowest BCUT2D eigenvalue weighted by molar-refractivity contribution is 0.501. The van der Waals surface area contributed by atoms with E-state index in [1.54, 1.807) is 34.6 Å². The largest absolute Gasteiger partial charge is 0.448 e. The lowest BCUT2D eigenvalue weighted by Gasteiger charge is -2.38. The van der Waals surface area contributed by atoms with Gasteiger partial charge in [0.2, 0.25) is 0 Å². The molecule has 5 heterocycles. The standard InChI is InChI=1S/C53H51BN2OS2/c1-50(2,3)30-20-23-32(24-21-30)55-40-27-33(56-39-19-15-13-17-35(39)44-46(56)34-16-12-14-18-37(34)53(44,10)11)28-41-45(40)54(38-29-43(52(7,8)9)59-49(38)57-41)48-47(55)36-26-31(51(4,5)6)22-25-42(36)58-48/h12-29H,1-11H3/i12D,13D,14D,15D,16D,17D,18D,19D,20D,21D,22D,23D,24D,25D,26D,27D,28D,29D. The third-order valence-corrected chi connectivity index (χ3v) is 14.2. The Hall–Kier alpha value is -5.04. The third-order valence-electron chi connectivity index (χ3n) is 11.6. The van der Waals surface area contributed by atoms with Gasteiger partial charge in [-0.2, -0.15) is 0 Å². The molecule has 294 valence electrons. The van der Waals surface area contributed by atoms with Crippen LogP contribution in [0.2, 0.25) is 0 Å². The summed E-state index contributed by atoms with van der Waals surface area (Å²) in [6.07, 6.45) is 0. The summed E-state index contributed by atoms with van der Waals surface area (Å²) in [5.41, 5.74) is -4.01. The maximum absolute atomic E-state index is 10.9. The van der Waals surface area contributed by atoms with Gasteiger partial charge >= 0.3 is 0 Å². The highest BCUT2D eigenvalue weighted by Gasteiger charge is 2.47. The first kappa shape index (κ1) is 22.5. The third kappa shape index (κ3) is 5.24. The molecule has 0 saturated carbocycles. The Morgan fingerprint density at radius 3 is 2.10 bits per heavy atom. The van der Waals surface area contributed by atoms with Crippen LogP contribution in [0.3, 0.4) is 0 Å². The van der Waals surface area contributed by atoms with Crippen LogP contribution in [0.1, 0.15) is 128 Å². The highest BCUT2D eigenvalue weighted by Crippen LogP contribution is 2.55. The molecule has 0 amide bonds. The maximum Gasteiger partial charge on any atom is 0.270 e. The summed E-state index contributed by atoms with van der Waals surface area (Å²) in [6, 6.07) is -7.87. The van der Waals surface area contributed by atoms with Gasteiger partial charge in [-0.15, -0.1) is 22.7 Å². The second-order valence-electron chi connectivity index (χ2n) is 19.2. The molecule has 0 atom stereocenters. The lowest BCUT2D eigenvalue weighted by atomic mass is 9.37. The Kier molecular flexibility index (Phi) is 4.60. The topological polar surface area (TPSA) is 17.4 Å². The zero-order valence-corrected chi connectivity index (χ0v) is 36.3. The van der Waals surface area contributed by atoms with Crippen molar-refractivity contribution in [1.29, 1.82) is 0 Å². The van der Waals surface area contributed by atoms with Crippen molar-refractivity contribution in [3.8, 4) is 27.8 Å². The normalized spacial score (nSPS) is 19.5. The van der Waals surface area contributed by atoms with Crippen LogP contribution in [-0.4, -0.2) is 11.3 Å². The number of hydrogen-bond acceptors (Lipinski definition) is 4. The van der Waals surface area contributed by atoms with Gasteiger partial charge in [0, 0.05) is 53.5 Å². The van der Waals surface area contributed by atoms with Gasteiger partial charge in [0.1, 0.15) is 5.75 Å². The SMILES string of the molecule is [2H]c1c([2H])c([2H])c2c(c1[2H])-c1c(c3c([2H])c([2H])c([2H])c([2H])c3n1-c1c([2H])c3c4c(c1[2H])N(c1c([2H])c([2H])c(C(C)(C)C)c([2H])c1[2H])c1c(sc5c([2H])c([2H])c(C(C)(C)C)c([2H])c15)B4c1c(sc(C(C)(C)C)c1[2H])O3)C2(C)C. The fourth-order valence-corrected chi connectivity index (χ4v) is 10.8. The Bertz CT molecular complexity index is 4090. The van der Waals surface area contributed by atoms with Gasteiger partial charge in [-0.1, -0.05) is 137 Å². The van der Waals surface area contributed by atoms with Crippen molar-refractivity contribution in [2.75, 3.05) is 4.90 Å². The molecular weight excluding hydrogens is 756 g/mol. The summed E-state index contributed by atoms with van der Waals surface area (Å²) in [5, 5.41) is 0.245. The van der Waals surface area contributed by atoms with E-state index in [9.17, 15) is 19.2 Å². The summed E-state index contributed by atoms with van der Waals surface area (Å²) in [5.74, 6) is -0.197. The monoisotopic (exact) mass is 824 g/mol. The van der Waals surface area contributed by atoms with Gasteiger partial charge < -0.3 is 14.2 Å². The van der Waals surface area contributed by atoms with E-state index in [-0.39, 0.29) is 112 Å². The predicted molar refractivity (Wildman–Crippen MR) is 256 cm³/mol. The molecule has 5 aromatic carbocycles. The Balaban J connectivity index is 1.44. The van der Waals surface area contributed by atoms with Crippen LogP contribution in [-0.2, 0) is 21.7 Å². The van der Waals surface area contributed by atoms with Crippen LogP contribution < -0.4 is 25.3 Å². The summed E-state index contributed by atoms with van der Waals surface area (Å²) in [6.45, 7) is 18.8. The second-order valence-corrected chi connectivity index (χ2v) is 21.3. The van der Waals surface area contributed by atoms with Crippen LogP contribution >= 0.6 is 22.7 Å². The Labute approximate surface area is 382 Å². The van der Waals surface area contributed by atoms with Gasteiger partial charge in [0.25, 0.3) is 6.71 Å². The lowest BCUT2D eigenvalue weighted by Crippen LogP contribution is -2.58. The average Bonchev–Trinajstić information content (AvgIpc) is 4.29. The molecule has 0 fully saturated rings. The molecule has 0 radical (unpaired) electrons. The summed E-state index contributed by atoms with van der Waals surface area (Å²) < 4.78 is 182. The fourth-order valence-electron chi connectivity index (χ4n) is 8.57. The molecule has 3 nitrogen and oxygen atoms in total. The number of thiophene rings is 2. The quantitative estimate of drug-likeness (QED) is 0.162. The van der Waals surface area contributed by atoms with Crippen molar-refractivity contribution in [3.63, 3.8) is 0 Å². The van der Waals surface area contributed by atoms with Crippen molar-refractivity contribution in [2.24, 2.45) is 0 Å². The minimum absolute atomic E-state index is 0.0336. The van der Waals surface area contributed by atoms with E-state index >= 15 is 0 Å². The van der Waals surface area contributed by atoms with Crippen molar-refractivity contribution < 1.29 is 29.4 Å². The number of aromatic nitrogens is 1. The number of benzene rings is 5. The molecule has 2 aliphatic heterocycles. The van der Waals surface area contributed by atoms with E-state index in [1.165, 1.54) is 20.8 Å². The zero-order valence-electron chi connectivity index (χ0n) is 52.7. The summed E-state index contributed by atoms with van der Waals surface area (Å²) >= 11 is 2.24. The number of rotatable bonds is 2. The minimum Gasteiger partial charge on any atom is -0.448 e. The first-order chi connectivity index (χ1) is 35.5. The molecule has 6 heteroatoms. The highest BCUT2D eigenvalue weighted by molar-refractivity contribution is 7.34. The van der Waals surface area contributed by atoms with Crippen LogP contribution in [0.25, 0.3) is 37.9 Å². The van der Waals surface area contributed by atoms with E-state index in [1.807, 2.05) is 41.5 Å². The molecule has 0 saturated heterocycles. The molecule has 0 bridgehead atoms. The van der Waals surface area contributed by atoms with Gasteiger partial charge in [0.05, 0.1) is 47.3 Å². The van der Waals surface area contributed by atoms with Gasteiger partial charge in [-0.05, 0) is 91.7 Å². The van der Waals surface area contributed by atoms with E-state index in [0.29, 0.717) is 15.1 Å². The van der Waals surface area contributed by atoms with Crippen molar-refractivity contribution in [2.45, 2.75) is 97.8 Å². The average molecular weight is 825 g/mol. The van der Waals surface area contributed by atoms with Crippen LogP contribution in [0.4, 0.5) is 17.1 Å². The van der Waals surface area contributed by atoms with Crippen LogP contribution in [0.5, 0.6) is 10.8 Å². The Morgan fingerprint density at radius 2 is 1.37 bits per heavy atom. The first-order valence-corrected chi connectivity index (χ1v) is 21.3. The first-order valence-electron chi connectivity index (χ1n) is 28.7. The minimum atomic E-state index is -1.39. The summed E-state index contributed by atoms with van der Waals surface area (Å²) in [7, 11) is 0. The molecule has 1 aliphatic carbocycles. The van der Waals surface area contributed by atoms with Crippen molar-refractivity contribution in [1.82, 2.24) is 4.57 Å². The van der Waals surface area contributed by atoms with Crippen LogP contribution in [0, 0.1) is 0 Å². The van der Waals surface area contributed by atoms with Crippen LogP contribution in [0.15, 0.2) is 109 Å². The smallest absolute Gasteiger partial charge is 0.270 e. The summed E-state index contributed by atoms with van der Waals surface area (Å²) in [4.78, 5) is 1.96. The van der Waals surface area contributed by atoms with Crippen molar-refractivity contribution in [3.05, 3.63) is 136 Å². The zero-order chi connectivity index (χ0) is 56.8. The number of nitrogens with zero attached hydrogens (tertiary/aromatic N) is 2. The molecule has 0 N–H and O–H groups in total. The molecular formula is C53H51BN2OS2. The predicted octanol–water partition coefficient (Wildman–Crippen LogP) is 13.5. The number of ether oxygens (including phenoxy) is 1. The highest BCUT2D eigenvalue weighted by atomic mass is 32.1. The molecule has 0 unspecified atom stereocenters. The maximum atomic E-state index is 10.9. The molecule has 0 spiro atoms. The van der Waals surface area contributed by atoms with E-state index in [4.69, 9.17) is 10.2 Å². The van der Waals surface area contributed by atoms with E-state index in [0.717, 1.165) is 11.3 Å². The molecule has 59 heavy (non-hydrogen) atoms. The molecule has 11 rings (SSSR count). The van der Waals surface area contributed by atoms with Gasteiger partial charge in [-0.3, -0.25) is 0 Å². The van der Waals surface area contributed by atoms with Gasteiger partial charge in [0.15, 0.2) is 5.06 Å². The second kappa shape index (κ2) is 12.0. The number of hydrogen-bond donors (Lipinski definition) is 0. The van der Waals surface area contributed by atoms with E-state index < -0.39 is 119 Å². The molecule has 3 aliphatic rings. The number of anilines is 3. The number of fused-ring (bicyclic) bond motifs is 11. The van der Waals surface area contributed by atoms with E-state index in [2.05, 4.69) is 0 Å². The number of para-hydroxylation sites is 1. The molecule has 8 aromatic rings.